The van der Waals surface area contributed by atoms with Gasteiger partial charge in [0.15, 0.2) is 5.11 Å². The lowest BCUT2D eigenvalue weighted by Crippen LogP contribution is -2.19. The monoisotopic (exact) mass is 360 g/mol. The summed E-state index contributed by atoms with van der Waals surface area (Å²) in [5, 5.41) is 6.30. The zero-order chi connectivity index (χ0) is 18.2. The summed E-state index contributed by atoms with van der Waals surface area (Å²) in [6, 6.07) is 11.3. The van der Waals surface area contributed by atoms with Crippen molar-refractivity contribution in [3.63, 3.8) is 0 Å². The summed E-state index contributed by atoms with van der Waals surface area (Å²) in [4.78, 5) is 11.8. The Bertz CT molecular complexity index is 748. The molecule has 0 heterocycles. The maximum absolute atomic E-state index is 13.3. The van der Waals surface area contributed by atoms with Crippen molar-refractivity contribution < 1.29 is 13.9 Å². The smallest absolute Gasteiger partial charge is 0.338 e. The second-order valence-electron chi connectivity index (χ2n) is 5.61. The SMILES string of the molecule is CCCCOC(=O)c1ccc(NC(=S)Nc2cc(F)ccc2C)cc1. The van der Waals surface area contributed by atoms with Gasteiger partial charge in [0.25, 0.3) is 0 Å². The van der Waals surface area contributed by atoms with Crippen LogP contribution in [0.25, 0.3) is 0 Å². The van der Waals surface area contributed by atoms with Gasteiger partial charge in [-0.15, -0.1) is 0 Å². The molecule has 0 atom stereocenters. The maximum atomic E-state index is 13.3. The number of thiocarbonyl (C=S) groups is 1. The number of aryl methyl sites for hydroxylation is 1. The highest BCUT2D eigenvalue weighted by Gasteiger charge is 2.07. The van der Waals surface area contributed by atoms with E-state index in [0.717, 1.165) is 24.1 Å². The van der Waals surface area contributed by atoms with E-state index < -0.39 is 0 Å². The molecule has 2 aromatic rings. The third-order valence-corrected chi connectivity index (χ3v) is 3.76. The standard InChI is InChI=1S/C19H21FN2O2S/c1-3-4-11-24-18(23)14-6-9-16(10-7-14)21-19(25)22-17-12-15(20)8-5-13(17)2/h5-10,12H,3-4,11H2,1-2H3,(H2,21,22,25). The number of benzene rings is 2. The van der Waals surface area contributed by atoms with E-state index in [1.807, 2.05) is 13.8 Å². The van der Waals surface area contributed by atoms with Crippen molar-refractivity contribution in [2.45, 2.75) is 26.7 Å². The van der Waals surface area contributed by atoms with E-state index >= 15 is 0 Å². The Morgan fingerprint density at radius 2 is 1.88 bits per heavy atom. The fraction of sp³-hybridized carbons (Fsp3) is 0.263. The molecule has 0 spiro atoms. The quantitative estimate of drug-likeness (QED) is 0.436. The first kappa shape index (κ1) is 18.9. The fourth-order valence-corrected chi connectivity index (χ4v) is 2.32. The van der Waals surface area contributed by atoms with Crippen molar-refractivity contribution in [2.75, 3.05) is 17.2 Å². The molecule has 2 aromatic carbocycles. The van der Waals surface area contributed by atoms with Gasteiger partial charge in [-0.25, -0.2) is 9.18 Å². The van der Waals surface area contributed by atoms with E-state index in [-0.39, 0.29) is 11.8 Å². The Balaban J connectivity index is 1.93. The summed E-state index contributed by atoms with van der Waals surface area (Å²) in [7, 11) is 0. The van der Waals surface area contributed by atoms with Crippen LogP contribution in [0.2, 0.25) is 0 Å². The van der Waals surface area contributed by atoms with Gasteiger partial charge < -0.3 is 15.4 Å². The van der Waals surface area contributed by atoms with Crippen LogP contribution in [0.5, 0.6) is 0 Å². The Labute approximate surface area is 152 Å². The maximum Gasteiger partial charge on any atom is 0.338 e. The second-order valence-corrected chi connectivity index (χ2v) is 6.01. The van der Waals surface area contributed by atoms with Gasteiger partial charge in [-0.1, -0.05) is 19.4 Å². The summed E-state index contributed by atoms with van der Waals surface area (Å²) in [5.41, 5.74) is 2.70. The molecule has 25 heavy (non-hydrogen) atoms. The van der Waals surface area contributed by atoms with Crippen molar-refractivity contribution >= 4 is 34.7 Å². The van der Waals surface area contributed by atoms with Gasteiger partial charge in [-0.3, -0.25) is 0 Å². The Hall–Kier alpha value is -2.47. The largest absolute Gasteiger partial charge is 0.462 e. The number of rotatable bonds is 6. The summed E-state index contributed by atoms with van der Waals surface area (Å²) in [6.07, 6.45) is 1.83. The Morgan fingerprint density at radius 1 is 1.16 bits per heavy atom. The third kappa shape index (κ3) is 5.83. The van der Waals surface area contributed by atoms with Crippen LogP contribution in [-0.4, -0.2) is 17.7 Å². The Morgan fingerprint density at radius 3 is 2.56 bits per heavy atom. The van der Waals surface area contributed by atoms with Crippen LogP contribution in [0.1, 0.15) is 35.7 Å². The molecule has 4 nitrogen and oxygen atoms in total. The first-order chi connectivity index (χ1) is 12.0. The summed E-state index contributed by atoms with van der Waals surface area (Å²) >= 11 is 5.24. The molecule has 0 aliphatic heterocycles. The average molecular weight is 360 g/mol. The van der Waals surface area contributed by atoms with Gasteiger partial charge in [0, 0.05) is 11.4 Å². The van der Waals surface area contributed by atoms with Crippen LogP contribution in [0.4, 0.5) is 15.8 Å². The van der Waals surface area contributed by atoms with Crippen molar-refractivity contribution in [1.82, 2.24) is 0 Å². The number of esters is 1. The summed E-state index contributed by atoms with van der Waals surface area (Å²) in [5.74, 6) is -0.669. The van der Waals surface area contributed by atoms with Crippen LogP contribution < -0.4 is 10.6 Å². The fourth-order valence-electron chi connectivity index (χ4n) is 2.10. The molecular weight excluding hydrogens is 339 g/mol. The number of anilines is 2. The summed E-state index contributed by atoms with van der Waals surface area (Å²) in [6.45, 7) is 4.33. The molecule has 0 fully saturated rings. The molecule has 2 rings (SSSR count). The van der Waals surface area contributed by atoms with E-state index in [2.05, 4.69) is 10.6 Å². The van der Waals surface area contributed by atoms with Gasteiger partial charge in [-0.05, 0) is 67.5 Å². The van der Waals surface area contributed by atoms with Crippen LogP contribution in [-0.2, 0) is 4.74 Å². The molecule has 0 saturated heterocycles. The lowest BCUT2D eigenvalue weighted by molar-refractivity contribution is 0.0500. The van der Waals surface area contributed by atoms with Crippen LogP contribution >= 0.6 is 12.2 Å². The predicted octanol–water partition coefficient (Wildman–Crippen LogP) is 4.90. The lowest BCUT2D eigenvalue weighted by Gasteiger charge is -2.13. The minimum absolute atomic E-state index is 0.332. The number of carbonyl (C=O) groups is 1. The van der Waals surface area contributed by atoms with E-state index in [1.54, 1.807) is 30.3 Å². The zero-order valence-corrected chi connectivity index (χ0v) is 15.1. The molecule has 6 heteroatoms. The number of unbranched alkanes of at least 4 members (excludes halogenated alkanes) is 1. The highest BCUT2D eigenvalue weighted by Crippen LogP contribution is 2.17. The van der Waals surface area contributed by atoms with Crippen molar-refractivity contribution in [2.24, 2.45) is 0 Å². The highest BCUT2D eigenvalue weighted by atomic mass is 32.1. The van der Waals surface area contributed by atoms with E-state index in [0.29, 0.717) is 23.0 Å². The topological polar surface area (TPSA) is 50.4 Å². The first-order valence-corrected chi connectivity index (χ1v) is 8.51. The molecule has 0 bridgehead atoms. The van der Waals surface area contributed by atoms with E-state index in [9.17, 15) is 9.18 Å². The van der Waals surface area contributed by atoms with Crippen LogP contribution in [0, 0.1) is 12.7 Å². The van der Waals surface area contributed by atoms with Crippen LogP contribution in [0.3, 0.4) is 0 Å². The molecule has 0 amide bonds. The molecule has 0 aliphatic carbocycles. The highest BCUT2D eigenvalue weighted by molar-refractivity contribution is 7.80. The third-order valence-electron chi connectivity index (χ3n) is 3.56. The number of nitrogens with one attached hydrogen (secondary N) is 2. The van der Waals surface area contributed by atoms with Gasteiger partial charge in [-0.2, -0.15) is 0 Å². The molecule has 2 N–H and O–H groups in total. The van der Waals surface area contributed by atoms with Gasteiger partial charge >= 0.3 is 5.97 Å². The number of hydrogen-bond acceptors (Lipinski definition) is 3. The van der Waals surface area contributed by atoms with Crippen molar-refractivity contribution in [3.05, 3.63) is 59.4 Å². The Kier molecular flexibility index (Phi) is 6.89. The number of carbonyl (C=O) groups excluding carboxylic acids is 1. The molecule has 132 valence electrons. The van der Waals surface area contributed by atoms with E-state index in [1.165, 1.54) is 12.1 Å². The average Bonchev–Trinajstić information content (AvgIpc) is 2.59. The molecular formula is C19H21FN2O2S. The molecule has 0 radical (unpaired) electrons. The van der Waals surface area contributed by atoms with Gasteiger partial charge in [0.2, 0.25) is 0 Å². The number of ether oxygens (including phenoxy) is 1. The number of halogens is 1. The minimum Gasteiger partial charge on any atom is -0.462 e. The minimum atomic E-state index is -0.337. The molecule has 0 aliphatic rings. The predicted molar refractivity (Wildman–Crippen MR) is 103 cm³/mol. The normalized spacial score (nSPS) is 10.2. The van der Waals surface area contributed by atoms with Crippen LogP contribution in [0.15, 0.2) is 42.5 Å². The number of hydrogen-bond donors (Lipinski definition) is 2. The lowest BCUT2D eigenvalue weighted by atomic mass is 10.2. The van der Waals surface area contributed by atoms with Gasteiger partial charge in [0.1, 0.15) is 5.82 Å². The molecule has 0 unspecified atom stereocenters. The first-order valence-electron chi connectivity index (χ1n) is 8.11. The second kappa shape index (κ2) is 9.13. The molecule has 0 saturated carbocycles. The van der Waals surface area contributed by atoms with Crippen molar-refractivity contribution in [3.8, 4) is 0 Å². The van der Waals surface area contributed by atoms with E-state index in [4.69, 9.17) is 17.0 Å². The zero-order valence-electron chi connectivity index (χ0n) is 14.3. The molecule has 0 aromatic heterocycles. The summed E-state index contributed by atoms with van der Waals surface area (Å²) < 4.78 is 18.5. The van der Waals surface area contributed by atoms with Gasteiger partial charge in [0.05, 0.1) is 12.2 Å². The van der Waals surface area contributed by atoms with Crippen molar-refractivity contribution in [1.29, 1.82) is 0 Å².